The molecular formula is C9H15N3O. The van der Waals surface area contributed by atoms with Crippen LogP contribution in [0.5, 0.6) is 0 Å². The molecule has 1 heterocycles. The minimum atomic E-state index is 0.163. The lowest BCUT2D eigenvalue weighted by molar-refractivity contribution is 0.217. The Bertz CT molecular complexity index is 265. The van der Waals surface area contributed by atoms with Gasteiger partial charge in [0.2, 0.25) is 0 Å². The molecular weight excluding hydrogens is 166 g/mol. The van der Waals surface area contributed by atoms with Crippen LogP contribution < -0.4 is 5.73 Å². The number of nitrogens with two attached hydrogens (primary N) is 1. The van der Waals surface area contributed by atoms with Crippen molar-refractivity contribution in [1.29, 1.82) is 0 Å². The van der Waals surface area contributed by atoms with E-state index >= 15 is 0 Å². The number of anilines is 1. The van der Waals surface area contributed by atoms with Gasteiger partial charge in [0.15, 0.2) is 0 Å². The van der Waals surface area contributed by atoms with Crippen molar-refractivity contribution in [2.45, 2.75) is 6.54 Å². The Morgan fingerprint density at radius 1 is 1.62 bits per heavy atom. The first kappa shape index (κ1) is 9.95. The monoisotopic (exact) mass is 181 g/mol. The number of rotatable bonds is 4. The van der Waals surface area contributed by atoms with Gasteiger partial charge in [-0.1, -0.05) is 6.07 Å². The summed E-state index contributed by atoms with van der Waals surface area (Å²) >= 11 is 0. The van der Waals surface area contributed by atoms with E-state index in [-0.39, 0.29) is 6.61 Å². The maximum atomic E-state index is 8.70. The molecule has 4 heteroatoms. The van der Waals surface area contributed by atoms with E-state index in [1.165, 1.54) is 0 Å². The Morgan fingerprint density at radius 3 is 3.00 bits per heavy atom. The molecule has 4 nitrogen and oxygen atoms in total. The number of nitrogen functional groups attached to an aromatic ring is 1. The zero-order valence-corrected chi connectivity index (χ0v) is 7.77. The summed E-state index contributed by atoms with van der Waals surface area (Å²) in [6.45, 7) is 1.53. The molecule has 0 atom stereocenters. The fourth-order valence-corrected chi connectivity index (χ4v) is 1.13. The molecule has 1 aromatic heterocycles. The van der Waals surface area contributed by atoms with Crippen molar-refractivity contribution < 1.29 is 5.11 Å². The maximum absolute atomic E-state index is 8.70. The van der Waals surface area contributed by atoms with Gasteiger partial charge in [0.1, 0.15) is 5.82 Å². The van der Waals surface area contributed by atoms with Crippen LogP contribution in [0.1, 0.15) is 5.56 Å². The number of aliphatic hydroxyl groups excluding tert-OH is 1. The molecule has 0 saturated heterocycles. The summed E-state index contributed by atoms with van der Waals surface area (Å²) in [5.74, 6) is 0.562. The van der Waals surface area contributed by atoms with E-state index in [1.807, 2.05) is 24.1 Å². The lowest BCUT2D eigenvalue weighted by atomic mass is 10.2. The van der Waals surface area contributed by atoms with Gasteiger partial charge in [-0.25, -0.2) is 4.98 Å². The van der Waals surface area contributed by atoms with Gasteiger partial charge in [0, 0.05) is 24.8 Å². The lowest BCUT2D eigenvalue weighted by Gasteiger charge is -2.15. The zero-order chi connectivity index (χ0) is 9.68. The third kappa shape index (κ3) is 3.01. The molecule has 0 spiro atoms. The molecule has 0 radical (unpaired) electrons. The molecule has 1 rings (SSSR count). The number of hydrogen-bond acceptors (Lipinski definition) is 4. The summed E-state index contributed by atoms with van der Waals surface area (Å²) < 4.78 is 0. The highest BCUT2D eigenvalue weighted by Gasteiger charge is 2.02. The first-order valence-corrected chi connectivity index (χ1v) is 4.23. The quantitative estimate of drug-likeness (QED) is 0.691. The molecule has 0 aromatic carbocycles. The fraction of sp³-hybridized carbons (Fsp3) is 0.444. The maximum Gasteiger partial charge on any atom is 0.127 e. The molecule has 0 amide bonds. The smallest absolute Gasteiger partial charge is 0.127 e. The summed E-state index contributed by atoms with van der Waals surface area (Å²) in [6.07, 6.45) is 1.67. The molecule has 0 fully saturated rings. The van der Waals surface area contributed by atoms with Crippen LogP contribution >= 0.6 is 0 Å². The third-order valence-electron chi connectivity index (χ3n) is 1.85. The van der Waals surface area contributed by atoms with Crippen LogP contribution in [0.15, 0.2) is 18.3 Å². The average Bonchev–Trinajstić information content (AvgIpc) is 2.09. The van der Waals surface area contributed by atoms with Gasteiger partial charge in [-0.2, -0.15) is 0 Å². The van der Waals surface area contributed by atoms with Gasteiger partial charge in [-0.05, 0) is 13.1 Å². The van der Waals surface area contributed by atoms with Gasteiger partial charge in [-0.15, -0.1) is 0 Å². The van der Waals surface area contributed by atoms with Crippen LogP contribution in [-0.2, 0) is 6.54 Å². The van der Waals surface area contributed by atoms with E-state index in [0.29, 0.717) is 12.4 Å². The summed E-state index contributed by atoms with van der Waals surface area (Å²) in [7, 11) is 1.93. The lowest BCUT2D eigenvalue weighted by Crippen LogP contribution is -2.22. The van der Waals surface area contributed by atoms with Crippen molar-refractivity contribution in [3.63, 3.8) is 0 Å². The number of aromatic nitrogens is 1. The summed E-state index contributed by atoms with van der Waals surface area (Å²) in [5.41, 5.74) is 6.66. The molecule has 0 aliphatic rings. The van der Waals surface area contributed by atoms with Crippen molar-refractivity contribution in [1.82, 2.24) is 9.88 Å². The minimum absolute atomic E-state index is 0.163. The fourth-order valence-electron chi connectivity index (χ4n) is 1.13. The van der Waals surface area contributed by atoms with Crippen LogP contribution in [0, 0.1) is 0 Å². The number of hydrogen-bond donors (Lipinski definition) is 2. The van der Waals surface area contributed by atoms with Crippen LogP contribution in [0.25, 0.3) is 0 Å². The van der Waals surface area contributed by atoms with Gasteiger partial charge >= 0.3 is 0 Å². The SMILES string of the molecule is CN(CCO)Cc1cccnc1N. The molecule has 72 valence electrons. The van der Waals surface area contributed by atoms with E-state index in [1.54, 1.807) is 6.20 Å². The summed E-state index contributed by atoms with van der Waals surface area (Å²) in [4.78, 5) is 5.97. The summed E-state index contributed by atoms with van der Waals surface area (Å²) in [5, 5.41) is 8.70. The van der Waals surface area contributed by atoms with Crippen molar-refractivity contribution in [3.05, 3.63) is 23.9 Å². The van der Waals surface area contributed by atoms with Crippen molar-refractivity contribution in [2.24, 2.45) is 0 Å². The minimum Gasteiger partial charge on any atom is -0.395 e. The Hall–Kier alpha value is -1.13. The van der Waals surface area contributed by atoms with Crippen molar-refractivity contribution in [3.8, 4) is 0 Å². The van der Waals surface area contributed by atoms with E-state index in [2.05, 4.69) is 4.98 Å². The zero-order valence-electron chi connectivity index (χ0n) is 7.77. The van der Waals surface area contributed by atoms with Crippen LogP contribution in [0.3, 0.4) is 0 Å². The van der Waals surface area contributed by atoms with Crippen molar-refractivity contribution >= 4 is 5.82 Å². The highest BCUT2D eigenvalue weighted by molar-refractivity contribution is 5.38. The third-order valence-corrected chi connectivity index (χ3v) is 1.85. The predicted octanol–water partition coefficient (Wildman–Crippen LogP) is 0.0879. The van der Waals surface area contributed by atoms with Crippen molar-refractivity contribution in [2.75, 3.05) is 25.9 Å². The molecule has 0 aliphatic carbocycles. The van der Waals surface area contributed by atoms with E-state index < -0.39 is 0 Å². The van der Waals surface area contributed by atoms with Crippen LogP contribution in [0.2, 0.25) is 0 Å². The first-order valence-electron chi connectivity index (χ1n) is 4.23. The van der Waals surface area contributed by atoms with Crippen LogP contribution in [0.4, 0.5) is 5.82 Å². The number of aliphatic hydroxyl groups is 1. The molecule has 0 saturated carbocycles. The molecule has 3 N–H and O–H groups in total. The topological polar surface area (TPSA) is 62.4 Å². The molecule has 0 aliphatic heterocycles. The Morgan fingerprint density at radius 2 is 2.38 bits per heavy atom. The second-order valence-corrected chi connectivity index (χ2v) is 3.01. The second-order valence-electron chi connectivity index (χ2n) is 3.01. The Balaban J connectivity index is 2.58. The second kappa shape index (κ2) is 4.79. The standard InChI is InChI=1S/C9H15N3O/c1-12(5-6-13)7-8-3-2-4-11-9(8)10/h2-4,13H,5-7H2,1H3,(H2,10,11). The Labute approximate surface area is 78.0 Å². The van der Waals surface area contributed by atoms with E-state index in [0.717, 1.165) is 12.1 Å². The Kier molecular flexibility index (Phi) is 3.67. The highest BCUT2D eigenvalue weighted by atomic mass is 16.3. The van der Waals surface area contributed by atoms with E-state index in [9.17, 15) is 0 Å². The number of nitrogens with zero attached hydrogens (tertiary/aromatic N) is 2. The van der Waals surface area contributed by atoms with E-state index in [4.69, 9.17) is 10.8 Å². The molecule has 1 aromatic rings. The highest BCUT2D eigenvalue weighted by Crippen LogP contribution is 2.08. The number of pyridine rings is 1. The van der Waals surface area contributed by atoms with Gasteiger partial charge < -0.3 is 10.8 Å². The van der Waals surface area contributed by atoms with Gasteiger partial charge in [0.05, 0.1) is 6.61 Å². The molecule has 0 unspecified atom stereocenters. The average molecular weight is 181 g/mol. The largest absolute Gasteiger partial charge is 0.395 e. The molecule has 13 heavy (non-hydrogen) atoms. The van der Waals surface area contributed by atoms with Gasteiger partial charge in [0.25, 0.3) is 0 Å². The first-order chi connectivity index (χ1) is 6.24. The van der Waals surface area contributed by atoms with Gasteiger partial charge in [-0.3, -0.25) is 4.90 Å². The molecule has 0 bridgehead atoms. The van der Waals surface area contributed by atoms with Crippen LogP contribution in [-0.4, -0.2) is 35.2 Å². The number of likely N-dealkylation sites (N-methyl/N-ethyl adjacent to an activating group) is 1. The summed E-state index contributed by atoms with van der Waals surface area (Å²) in [6, 6.07) is 3.80. The predicted molar refractivity (Wildman–Crippen MR) is 52.1 cm³/mol. The normalized spacial score (nSPS) is 10.7.